The molecule has 0 bridgehead atoms. The second-order valence-electron chi connectivity index (χ2n) is 8.00. The lowest BCUT2D eigenvalue weighted by Crippen LogP contribution is -2.27. The van der Waals surface area contributed by atoms with Gasteiger partial charge in [-0.2, -0.15) is 18.3 Å². The third-order valence-corrected chi connectivity index (χ3v) is 5.60. The fourth-order valence-electron chi connectivity index (χ4n) is 3.97. The van der Waals surface area contributed by atoms with E-state index in [-0.39, 0.29) is 12.5 Å². The maximum atomic E-state index is 13.7. The minimum Gasteiger partial charge on any atom is -0.337 e. The van der Waals surface area contributed by atoms with Crippen molar-refractivity contribution in [2.45, 2.75) is 26.1 Å². The zero-order chi connectivity index (χ0) is 24.3. The first-order chi connectivity index (χ1) is 16.3. The Balaban J connectivity index is 1.76. The molecule has 0 N–H and O–H groups in total. The van der Waals surface area contributed by atoms with Crippen LogP contribution in [0.25, 0.3) is 16.9 Å². The Hall–Kier alpha value is -3.87. The Morgan fingerprint density at radius 2 is 1.59 bits per heavy atom. The van der Waals surface area contributed by atoms with Gasteiger partial charge in [-0.3, -0.25) is 4.79 Å². The zero-order valence-electron chi connectivity index (χ0n) is 18.9. The van der Waals surface area contributed by atoms with Gasteiger partial charge in [0.05, 0.1) is 22.5 Å². The van der Waals surface area contributed by atoms with Crippen LogP contribution in [0.2, 0.25) is 0 Å². The van der Waals surface area contributed by atoms with Crippen molar-refractivity contribution in [2.24, 2.45) is 0 Å². The van der Waals surface area contributed by atoms with Crippen LogP contribution in [0.15, 0.2) is 84.9 Å². The second kappa shape index (κ2) is 9.55. The smallest absolute Gasteiger partial charge is 0.337 e. The summed E-state index contributed by atoms with van der Waals surface area (Å²) in [7, 11) is 1.59. The summed E-state index contributed by atoms with van der Waals surface area (Å²) in [5.74, 6) is -0.296. The van der Waals surface area contributed by atoms with E-state index in [1.54, 1.807) is 17.8 Å². The SMILES string of the molecule is CCc1c(C(=O)N(C)Cc2cccc(C(F)(F)F)c2)c(-c2ccccc2)nn1-c1ccccc1. The largest absolute Gasteiger partial charge is 0.416 e. The standard InChI is InChI=1S/C27H24F3N3O/c1-3-23-24(26(34)32(2)18-19-11-10-14-21(17-19)27(28,29)30)25(20-12-6-4-7-13-20)31-33(23)22-15-8-5-9-16-22/h4-17H,3,18H2,1-2H3. The number of para-hydroxylation sites is 1. The molecule has 4 nitrogen and oxygen atoms in total. The third-order valence-electron chi connectivity index (χ3n) is 5.60. The van der Waals surface area contributed by atoms with E-state index < -0.39 is 11.7 Å². The molecule has 0 aliphatic heterocycles. The van der Waals surface area contributed by atoms with E-state index in [0.29, 0.717) is 23.2 Å². The predicted octanol–water partition coefficient (Wildman–Crippen LogP) is 6.39. The Labute approximate surface area is 196 Å². The molecule has 0 spiro atoms. The molecule has 0 unspecified atom stereocenters. The molecule has 3 aromatic carbocycles. The highest BCUT2D eigenvalue weighted by atomic mass is 19.4. The first-order valence-corrected chi connectivity index (χ1v) is 10.9. The number of alkyl halides is 3. The minimum atomic E-state index is -4.44. The van der Waals surface area contributed by atoms with E-state index in [1.807, 2.05) is 67.6 Å². The van der Waals surface area contributed by atoms with Crippen LogP contribution in [0.3, 0.4) is 0 Å². The van der Waals surface area contributed by atoms with Crippen molar-refractivity contribution in [1.29, 1.82) is 0 Å². The predicted molar refractivity (Wildman–Crippen MR) is 126 cm³/mol. The molecule has 0 radical (unpaired) electrons. The highest BCUT2D eigenvalue weighted by molar-refractivity contribution is 6.01. The van der Waals surface area contributed by atoms with Gasteiger partial charge in [0.25, 0.3) is 5.91 Å². The van der Waals surface area contributed by atoms with Crippen LogP contribution in [0.4, 0.5) is 13.2 Å². The topological polar surface area (TPSA) is 38.1 Å². The molecular formula is C27H24F3N3O. The Morgan fingerprint density at radius 1 is 0.941 bits per heavy atom. The molecule has 4 rings (SSSR count). The van der Waals surface area contributed by atoms with Gasteiger partial charge in [0.1, 0.15) is 5.69 Å². The van der Waals surface area contributed by atoms with Gasteiger partial charge in [0.2, 0.25) is 0 Å². The summed E-state index contributed by atoms with van der Waals surface area (Å²) in [6.07, 6.45) is -3.89. The van der Waals surface area contributed by atoms with Gasteiger partial charge in [0, 0.05) is 19.2 Å². The number of halogens is 3. The van der Waals surface area contributed by atoms with Crippen LogP contribution in [0, 0.1) is 0 Å². The Morgan fingerprint density at radius 3 is 2.21 bits per heavy atom. The van der Waals surface area contributed by atoms with E-state index in [1.165, 1.54) is 11.0 Å². The summed E-state index contributed by atoms with van der Waals surface area (Å²) in [5.41, 5.74) is 3.03. The van der Waals surface area contributed by atoms with Crippen molar-refractivity contribution in [3.63, 3.8) is 0 Å². The van der Waals surface area contributed by atoms with Gasteiger partial charge in [-0.15, -0.1) is 0 Å². The molecule has 0 aliphatic rings. The van der Waals surface area contributed by atoms with Crippen molar-refractivity contribution in [3.05, 3.63) is 107 Å². The van der Waals surface area contributed by atoms with Crippen molar-refractivity contribution in [2.75, 3.05) is 7.05 Å². The Bertz CT molecular complexity index is 1280. The van der Waals surface area contributed by atoms with Gasteiger partial charge in [-0.05, 0) is 36.2 Å². The van der Waals surface area contributed by atoms with Crippen molar-refractivity contribution in [1.82, 2.24) is 14.7 Å². The van der Waals surface area contributed by atoms with E-state index in [4.69, 9.17) is 5.10 Å². The van der Waals surface area contributed by atoms with Crippen molar-refractivity contribution >= 4 is 5.91 Å². The van der Waals surface area contributed by atoms with Gasteiger partial charge >= 0.3 is 6.18 Å². The number of hydrogen-bond donors (Lipinski definition) is 0. The summed E-state index contributed by atoms with van der Waals surface area (Å²) >= 11 is 0. The zero-order valence-corrected chi connectivity index (χ0v) is 18.9. The van der Waals surface area contributed by atoms with E-state index in [9.17, 15) is 18.0 Å². The minimum absolute atomic E-state index is 0.0383. The lowest BCUT2D eigenvalue weighted by molar-refractivity contribution is -0.137. The number of rotatable bonds is 6. The van der Waals surface area contributed by atoms with Crippen LogP contribution in [0.5, 0.6) is 0 Å². The van der Waals surface area contributed by atoms with Crippen molar-refractivity contribution in [3.8, 4) is 16.9 Å². The molecule has 0 saturated heterocycles. The summed E-state index contributed by atoms with van der Waals surface area (Å²) in [5, 5.41) is 4.80. The van der Waals surface area contributed by atoms with Crippen LogP contribution in [-0.2, 0) is 19.1 Å². The lowest BCUT2D eigenvalue weighted by Gasteiger charge is -2.19. The highest BCUT2D eigenvalue weighted by Crippen LogP contribution is 2.31. The first-order valence-electron chi connectivity index (χ1n) is 10.9. The molecule has 1 aromatic heterocycles. The molecule has 0 saturated carbocycles. The summed E-state index contributed by atoms with van der Waals surface area (Å²) < 4.78 is 41.2. The molecule has 34 heavy (non-hydrogen) atoms. The normalized spacial score (nSPS) is 11.4. The maximum Gasteiger partial charge on any atom is 0.416 e. The summed E-state index contributed by atoms with van der Waals surface area (Å²) in [4.78, 5) is 15.1. The summed E-state index contributed by atoms with van der Waals surface area (Å²) in [6, 6.07) is 24.0. The third kappa shape index (κ3) is 4.73. The molecule has 0 aliphatic carbocycles. The number of hydrogen-bond acceptors (Lipinski definition) is 2. The van der Waals surface area contributed by atoms with Crippen LogP contribution < -0.4 is 0 Å². The highest BCUT2D eigenvalue weighted by Gasteiger charge is 2.31. The molecule has 1 amide bonds. The average Bonchev–Trinajstić information content (AvgIpc) is 3.24. The van der Waals surface area contributed by atoms with Gasteiger partial charge < -0.3 is 4.90 Å². The number of nitrogens with zero attached hydrogens (tertiary/aromatic N) is 3. The van der Waals surface area contributed by atoms with Crippen LogP contribution >= 0.6 is 0 Å². The van der Waals surface area contributed by atoms with Crippen LogP contribution in [0.1, 0.15) is 34.1 Å². The van der Waals surface area contributed by atoms with E-state index >= 15 is 0 Å². The molecule has 4 aromatic rings. The molecular weight excluding hydrogens is 439 g/mol. The van der Waals surface area contributed by atoms with Gasteiger partial charge in [-0.25, -0.2) is 4.68 Å². The molecule has 174 valence electrons. The quantitative estimate of drug-likeness (QED) is 0.332. The fourth-order valence-corrected chi connectivity index (χ4v) is 3.97. The number of carbonyl (C=O) groups is 1. The molecule has 1 heterocycles. The number of aromatic nitrogens is 2. The van der Waals surface area contributed by atoms with Crippen molar-refractivity contribution < 1.29 is 18.0 Å². The summed E-state index contributed by atoms with van der Waals surface area (Å²) in [6.45, 7) is 1.99. The average molecular weight is 464 g/mol. The van der Waals surface area contributed by atoms with Gasteiger partial charge in [0.15, 0.2) is 0 Å². The van der Waals surface area contributed by atoms with Crippen LogP contribution in [-0.4, -0.2) is 27.6 Å². The van der Waals surface area contributed by atoms with E-state index in [0.717, 1.165) is 29.1 Å². The number of benzene rings is 3. The fraction of sp³-hybridized carbons (Fsp3) is 0.185. The van der Waals surface area contributed by atoms with Gasteiger partial charge in [-0.1, -0.05) is 67.6 Å². The number of amides is 1. The lowest BCUT2D eigenvalue weighted by atomic mass is 10.0. The molecule has 0 fully saturated rings. The van der Waals surface area contributed by atoms with E-state index in [2.05, 4.69) is 0 Å². The monoisotopic (exact) mass is 463 g/mol. The number of carbonyl (C=O) groups excluding carboxylic acids is 1. The molecule has 7 heteroatoms. The first kappa shape index (κ1) is 23.3. The maximum absolute atomic E-state index is 13.7. The Kier molecular flexibility index (Phi) is 6.54. The molecule has 0 atom stereocenters. The second-order valence-corrected chi connectivity index (χ2v) is 8.00.